The van der Waals surface area contributed by atoms with E-state index >= 15 is 0 Å². The monoisotopic (exact) mass is 359 g/mol. The standard InChI is InChI=1S/C18H18FN3O2S/c19-16-8-4-9-17(14-16)25(23,24)21-10-5-12-22-13-11-20-18(22)15-6-2-1-3-7-15/h1-4,6-9,11,13-14,21H,5,10,12H2. The van der Waals surface area contributed by atoms with Gasteiger partial charge in [0.05, 0.1) is 4.90 Å². The maximum absolute atomic E-state index is 13.2. The molecule has 25 heavy (non-hydrogen) atoms. The summed E-state index contributed by atoms with van der Waals surface area (Å²) in [6.45, 7) is 0.876. The molecule has 0 saturated carbocycles. The Kier molecular flexibility index (Phi) is 5.25. The van der Waals surface area contributed by atoms with E-state index in [9.17, 15) is 12.8 Å². The van der Waals surface area contributed by atoms with E-state index in [1.165, 1.54) is 18.2 Å². The van der Waals surface area contributed by atoms with Crippen molar-refractivity contribution < 1.29 is 12.8 Å². The highest BCUT2D eigenvalue weighted by molar-refractivity contribution is 7.89. The zero-order valence-electron chi connectivity index (χ0n) is 13.5. The van der Waals surface area contributed by atoms with E-state index in [4.69, 9.17) is 0 Å². The lowest BCUT2D eigenvalue weighted by molar-refractivity contribution is 0.567. The van der Waals surface area contributed by atoms with Gasteiger partial charge in [-0.2, -0.15) is 0 Å². The number of benzene rings is 2. The third kappa shape index (κ3) is 4.32. The zero-order valence-corrected chi connectivity index (χ0v) is 14.3. The number of hydrogen-bond acceptors (Lipinski definition) is 3. The topological polar surface area (TPSA) is 64.0 Å². The van der Waals surface area contributed by atoms with Gasteiger partial charge in [-0.05, 0) is 24.6 Å². The highest BCUT2D eigenvalue weighted by Gasteiger charge is 2.14. The zero-order chi connectivity index (χ0) is 17.7. The number of aryl methyl sites for hydroxylation is 1. The normalized spacial score (nSPS) is 11.6. The second kappa shape index (κ2) is 7.58. The van der Waals surface area contributed by atoms with Gasteiger partial charge in [-0.1, -0.05) is 36.4 Å². The number of imidazole rings is 1. The van der Waals surface area contributed by atoms with Crippen molar-refractivity contribution in [1.82, 2.24) is 14.3 Å². The smallest absolute Gasteiger partial charge is 0.240 e. The molecule has 130 valence electrons. The van der Waals surface area contributed by atoms with E-state index in [0.717, 1.165) is 17.5 Å². The molecular weight excluding hydrogens is 341 g/mol. The summed E-state index contributed by atoms with van der Waals surface area (Å²) in [7, 11) is -3.70. The minimum absolute atomic E-state index is 0.0693. The van der Waals surface area contributed by atoms with Gasteiger partial charge in [0.2, 0.25) is 10.0 Å². The average molecular weight is 359 g/mol. The van der Waals surface area contributed by atoms with Gasteiger partial charge in [0.25, 0.3) is 0 Å². The van der Waals surface area contributed by atoms with Crippen LogP contribution in [0.1, 0.15) is 6.42 Å². The van der Waals surface area contributed by atoms with E-state index in [-0.39, 0.29) is 11.4 Å². The number of sulfonamides is 1. The highest BCUT2D eigenvalue weighted by atomic mass is 32.2. The lowest BCUT2D eigenvalue weighted by Crippen LogP contribution is -2.25. The van der Waals surface area contributed by atoms with Crippen LogP contribution in [-0.4, -0.2) is 24.5 Å². The largest absolute Gasteiger partial charge is 0.331 e. The second-order valence-electron chi connectivity index (χ2n) is 5.52. The average Bonchev–Trinajstić information content (AvgIpc) is 3.08. The molecule has 0 atom stereocenters. The molecule has 0 saturated heterocycles. The number of nitrogens with zero attached hydrogens (tertiary/aromatic N) is 2. The van der Waals surface area contributed by atoms with Crippen LogP contribution in [0.25, 0.3) is 11.4 Å². The van der Waals surface area contributed by atoms with Crippen LogP contribution in [-0.2, 0) is 16.6 Å². The molecule has 0 spiro atoms. The quantitative estimate of drug-likeness (QED) is 0.660. The summed E-state index contributed by atoms with van der Waals surface area (Å²) in [5.41, 5.74) is 1.01. The lowest BCUT2D eigenvalue weighted by atomic mass is 10.2. The van der Waals surface area contributed by atoms with Gasteiger partial charge in [0.15, 0.2) is 0 Å². The number of aromatic nitrogens is 2. The van der Waals surface area contributed by atoms with Crippen LogP contribution in [0.5, 0.6) is 0 Å². The molecule has 0 aliphatic heterocycles. The first-order valence-corrected chi connectivity index (χ1v) is 9.36. The van der Waals surface area contributed by atoms with Crippen molar-refractivity contribution in [2.75, 3.05) is 6.54 Å². The van der Waals surface area contributed by atoms with Crippen molar-refractivity contribution in [2.45, 2.75) is 17.9 Å². The first kappa shape index (κ1) is 17.3. The van der Waals surface area contributed by atoms with Crippen LogP contribution in [0.4, 0.5) is 4.39 Å². The fourth-order valence-corrected chi connectivity index (χ4v) is 3.62. The second-order valence-corrected chi connectivity index (χ2v) is 7.29. The Morgan fingerprint density at radius 1 is 1.08 bits per heavy atom. The lowest BCUT2D eigenvalue weighted by Gasteiger charge is -2.09. The molecule has 3 rings (SSSR count). The third-order valence-electron chi connectivity index (χ3n) is 3.72. The van der Waals surface area contributed by atoms with Crippen molar-refractivity contribution >= 4 is 10.0 Å². The van der Waals surface area contributed by atoms with Crippen LogP contribution in [0.2, 0.25) is 0 Å². The fraction of sp³-hybridized carbons (Fsp3) is 0.167. The van der Waals surface area contributed by atoms with Crippen molar-refractivity contribution in [1.29, 1.82) is 0 Å². The maximum Gasteiger partial charge on any atom is 0.240 e. The molecule has 1 N–H and O–H groups in total. The number of hydrogen-bond donors (Lipinski definition) is 1. The molecule has 3 aromatic rings. The van der Waals surface area contributed by atoms with Crippen LogP contribution < -0.4 is 4.72 Å². The van der Waals surface area contributed by atoms with E-state index in [1.807, 2.05) is 41.1 Å². The van der Waals surface area contributed by atoms with Crippen molar-refractivity contribution in [3.05, 3.63) is 72.8 Å². The van der Waals surface area contributed by atoms with Crippen molar-refractivity contribution in [2.24, 2.45) is 0 Å². The number of rotatable bonds is 7. The Labute approximate surface area is 146 Å². The fourth-order valence-electron chi connectivity index (χ4n) is 2.51. The molecule has 0 aliphatic rings. The van der Waals surface area contributed by atoms with Crippen LogP contribution in [0, 0.1) is 5.82 Å². The first-order chi connectivity index (χ1) is 12.1. The van der Waals surface area contributed by atoms with Gasteiger partial charge in [-0.15, -0.1) is 0 Å². The van der Waals surface area contributed by atoms with E-state index < -0.39 is 15.8 Å². The van der Waals surface area contributed by atoms with Crippen LogP contribution in [0.15, 0.2) is 71.9 Å². The van der Waals surface area contributed by atoms with Gasteiger partial charge in [-0.3, -0.25) is 0 Å². The molecule has 2 aromatic carbocycles. The summed E-state index contributed by atoms with van der Waals surface area (Å²) in [4.78, 5) is 4.28. The summed E-state index contributed by atoms with van der Waals surface area (Å²) in [5, 5.41) is 0. The highest BCUT2D eigenvalue weighted by Crippen LogP contribution is 2.17. The molecule has 1 aromatic heterocycles. The molecule has 1 heterocycles. The number of halogens is 1. The molecule has 5 nitrogen and oxygen atoms in total. The first-order valence-electron chi connectivity index (χ1n) is 7.88. The Hall–Kier alpha value is -2.51. The molecule has 0 bridgehead atoms. The minimum Gasteiger partial charge on any atom is -0.331 e. The van der Waals surface area contributed by atoms with Gasteiger partial charge in [0, 0.05) is 31.0 Å². The van der Waals surface area contributed by atoms with Crippen molar-refractivity contribution in [3.63, 3.8) is 0 Å². The molecule has 0 fully saturated rings. The van der Waals surface area contributed by atoms with E-state index in [2.05, 4.69) is 9.71 Å². The van der Waals surface area contributed by atoms with Crippen LogP contribution >= 0.6 is 0 Å². The van der Waals surface area contributed by atoms with E-state index in [0.29, 0.717) is 13.0 Å². The predicted molar refractivity (Wildman–Crippen MR) is 93.9 cm³/mol. The van der Waals surface area contributed by atoms with Gasteiger partial charge in [0.1, 0.15) is 11.6 Å². The van der Waals surface area contributed by atoms with Gasteiger partial charge in [-0.25, -0.2) is 22.5 Å². The Balaban J connectivity index is 1.59. The van der Waals surface area contributed by atoms with E-state index in [1.54, 1.807) is 6.20 Å². The molecule has 0 aliphatic carbocycles. The Morgan fingerprint density at radius 3 is 2.64 bits per heavy atom. The molecule has 0 amide bonds. The van der Waals surface area contributed by atoms with Gasteiger partial charge < -0.3 is 4.57 Å². The molecule has 7 heteroatoms. The summed E-state index contributed by atoms with van der Waals surface area (Å²) in [6.07, 6.45) is 4.17. The summed E-state index contributed by atoms with van der Waals surface area (Å²) >= 11 is 0. The molecule has 0 unspecified atom stereocenters. The number of nitrogens with one attached hydrogen (secondary N) is 1. The van der Waals surface area contributed by atoms with Gasteiger partial charge >= 0.3 is 0 Å². The Bertz CT molecular complexity index is 940. The Morgan fingerprint density at radius 2 is 1.88 bits per heavy atom. The summed E-state index contributed by atoms with van der Waals surface area (Å²) in [6, 6.07) is 14.8. The summed E-state index contributed by atoms with van der Waals surface area (Å²) < 4.78 is 41.9. The minimum atomic E-state index is -3.70. The van der Waals surface area contributed by atoms with Crippen LogP contribution in [0.3, 0.4) is 0 Å². The summed E-state index contributed by atoms with van der Waals surface area (Å²) in [5.74, 6) is 0.266. The SMILES string of the molecule is O=S(=O)(NCCCn1ccnc1-c1ccccc1)c1cccc(F)c1. The molecule has 0 radical (unpaired) electrons. The third-order valence-corrected chi connectivity index (χ3v) is 5.18. The maximum atomic E-state index is 13.2. The predicted octanol–water partition coefficient (Wildman–Crippen LogP) is 3.06. The molecular formula is C18H18FN3O2S. The van der Waals surface area contributed by atoms with Crippen molar-refractivity contribution in [3.8, 4) is 11.4 Å².